The van der Waals surface area contributed by atoms with Gasteiger partial charge in [0.15, 0.2) is 0 Å². The number of rotatable bonds is 9. The number of para-hydroxylation sites is 1. The lowest BCUT2D eigenvalue weighted by Gasteiger charge is -2.31. The molecular weight excluding hydrogens is 434 g/mol. The average molecular weight is 468 g/mol. The third-order valence-electron chi connectivity index (χ3n) is 5.86. The summed E-state index contributed by atoms with van der Waals surface area (Å²) in [5.41, 5.74) is 2.57. The Morgan fingerprint density at radius 3 is 2.55 bits per heavy atom. The van der Waals surface area contributed by atoms with E-state index in [1.54, 1.807) is 12.0 Å². The second-order valence-electron chi connectivity index (χ2n) is 8.69. The van der Waals surface area contributed by atoms with Gasteiger partial charge in [-0.05, 0) is 36.1 Å². The highest BCUT2D eigenvalue weighted by Crippen LogP contribution is 2.36. The molecule has 1 aromatic heterocycles. The number of hydrogen-bond acceptors (Lipinski definition) is 4. The van der Waals surface area contributed by atoms with E-state index in [0.29, 0.717) is 23.2 Å². The Kier molecular flexibility index (Phi) is 8.08. The molecule has 2 aromatic carbocycles. The lowest BCUT2D eigenvalue weighted by atomic mass is 10.0. The standard InChI is InChI=1S/C26H33N3O3S/c1-17(2)13-14-27-25(31)24(23-21-11-6-7-12-22(21)28(4)26(23)33)29(18(3)30)16-19-9-8-10-20(15-19)32-5/h6-12,15,17,24,33H,13-14,16H2,1-5H3,(H,27,31). The number of ether oxygens (including phenoxy) is 1. The van der Waals surface area contributed by atoms with E-state index in [0.717, 1.165) is 28.5 Å². The van der Waals surface area contributed by atoms with Crippen LogP contribution in [-0.4, -0.2) is 34.9 Å². The van der Waals surface area contributed by atoms with Crippen molar-refractivity contribution in [3.8, 4) is 5.75 Å². The second-order valence-corrected chi connectivity index (χ2v) is 9.11. The van der Waals surface area contributed by atoms with Crippen LogP contribution in [0.2, 0.25) is 0 Å². The van der Waals surface area contributed by atoms with Crippen molar-refractivity contribution in [3.05, 3.63) is 59.7 Å². The molecule has 0 spiro atoms. The van der Waals surface area contributed by atoms with E-state index in [9.17, 15) is 9.59 Å². The summed E-state index contributed by atoms with van der Waals surface area (Å²) in [7, 11) is 3.53. The van der Waals surface area contributed by atoms with Gasteiger partial charge in [0.25, 0.3) is 0 Å². The maximum absolute atomic E-state index is 13.6. The molecule has 176 valence electrons. The van der Waals surface area contributed by atoms with E-state index in [1.165, 1.54) is 6.92 Å². The van der Waals surface area contributed by atoms with Gasteiger partial charge in [0.05, 0.1) is 12.1 Å². The number of hydrogen-bond donors (Lipinski definition) is 2. The highest BCUT2D eigenvalue weighted by molar-refractivity contribution is 7.80. The molecule has 0 bridgehead atoms. The summed E-state index contributed by atoms with van der Waals surface area (Å²) in [5, 5.41) is 4.63. The number of methoxy groups -OCH3 is 1. The second kappa shape index (κ2) is 10.8. The van der Waals surface area contributed by atoms with E-state index < -0.39 is 6.04 Å². The molecule has 0 aliphatic rings. The van der Waals surface area contributed by atoms with Gasteiger partial charge in [-0.1, -0.05) is 44.2 Å². The van der Waals surface area contributed by atoms with Gasteiger partial charge in [-0.3, -0.25) is 9.59 Å². The van der Waals surface area contributed by atoms with Gasteiger partial charge in [-0.25, -0.2) is 0 Å². The number of thiol groups is 1. The van der Waals surface area contributed by atoms with Crippen LogP contribution in [-0.2, 0) is 23.2 Å². The number of aromatic nitrogens is 1. The van der Waals surface area contributed by atoms with Crippen molar-refractivity contribution < 1.29 is 14.3 Å². The number of aryl methyl sites for hydroxylation is 1. The van der Waals surface area contributed by atoms with Gasteiger partial charge in [-0.2, -0.15) is 0 Å². The van der Waals surface area contributed by atoms with Crippen LogP contribution in [0, 0.1) is 5.92 Å². The minimum atomic E-state index is -0.820. The van der Waals surface area contributed by atoms with Crippen LogP contribution in [0.4, 0.5) is 0 Å². The molecule has 0 fully saturated rings. The highest BCUT2D eigenvalue weighted by atomic mass is 32.1. The minimum absolute atomic E-state index is 0.192. The van der Waals surface area contributed by atoms with E-state index in [1.807, 2.05) is 60.1 Å². The Hall–Kier alpha value is -2.93. The largest absolute Gasteiger partial charge is 0.497 e. The summed E-state index contributed by atoms with van der Waals surface area (Å²) >= 11 is 4.77. The molecule has 0 aliphatic heterocycles. The molecule has 1 atom stereocenters. The van der Waals surface area contributed by atoms with Crippen molar-refractivity contribution in [2.24, 2.45) is 13.0 Å². The fraction of sp³-hybridized carbons (Fsp3) is 0.385. The van der Waals surface area contributed by atoms with E-state index in [-0.39, 0.29) is 18.4 Å². The van der Waals surface area contributed by atoms with E-state index in [2.05, 4.69) is 19.2 Å². The van der Waals surface area contributed by atoms with Crippen molar-refractivity contribution in [1.29, 1.82) is 0 Å². The van der Waals surface area contributed by atoms with E-state index in [4.69, 9.17) is 17.4 Å². The van der Waals surface area contributed by atoms with Crippen LogP contribution in [0.5, 0.6) is 5.75 Å². The van der Waals surface area contributed by atoms with Gasteiger partial charge in [0, 0.05) is 43.5 Å². The number of carbonyl (C=O) groups excluding carboxylic acids is 2. The van der Waals surface area contributed by atoms with Gasteiger partial charge in [0.1, 0.15) is 11.8 Å². The monoisotopic (exact) mass is 467 g/mol. The number of amides is 2. The first-order valence-corrected chi connectivity index (χ1v) is 11.6. The molecular formula is C26H33N3O3S. The Morgan fingerprint density at radius 1 is 1.15 bits per heavy atom. The summed E-state index contributed by atoms with van der Waals surface area (Å²) in [6, 6.07) is 14.6. The van der Waals surface area contributed by atoms with Crippen LogP contribution < -0.4 is 10.1 Å². The fourth-order valence-corrected chi connectivity index (χ4v) is 4.39. The lowest BCUT2D eigenvalue weighted by molar-refractivity contribution is -0.140. The molecule has 2 amide bonds. The number of nitrogens with zero attached hydrogens (tertiary/aromatic N) is 2. The van der Waals surface area contributed by atoms with Gasteiger partial charge in [0.2, 0.25) is 11.8 Å². The minimum Gasteiger partial charge on any atom is -0.497 e. The molecule has 33 heavy (non-hydrogen) atoms. The third kappa shape index (κ3) is 5.53. The van der Waals surface area contributed by atoms with Crippen molar-refractivity contribution in [2.45, 2.75) is 44.8 Å². The van der Waals surface area contributed by atoms with Crippen LogP contribution >= 0.6 is 12.6 Å². The van der Waals surface area contributed by atoms with Gasteiger partial charge < -0.3 is 19.5 Å². The first-order valence-electron chi connectivity index (χ1n) is 11.2. The molecule has 0 radical (unpaired) electrons. The van der Waals surface area contributed by atoms with Crippen LogP contribution in [0.3, 0.4) is 0 Å². The molecule has 1 heterocycles. The Balaban J connectivity index is 2.10. The predicted octanol–water partition coefficient (Wildman–Crippen LogP) is 4.73. The van der Waals surface area contributed by atoms with Crippen LogP contribution in [0.15, 0.2) is 53.6 Å². The summed E-state index contributed by atoms with van der Waals surface area (Å²) < 4.78 is 7.30. The first kappa shape index (κ1) is 24.7. The van der Waals surface area contributed by atoms with E-state index >= 15 is 0 Å². The molecule has 1 N–H and O–H groups in total. The van der Waals surface area contributed by atoms with Crippen LogP contribution in [0.1, 0.15) is 44.4 Å². The third-order valence-corrected chi connectivity index (χ3v) is 6.40. The molecule has 3 rings (SSSR count). The van der Waals surface area contributed by atoms with Crippen molar-refractivity contribution in [2.75, 3.05) is 13.7 Å². The molecule has 7 heteroatoms. The lowest BCUT2D eigenvalue weighted by Crippen LogP contribution is -2.43. The zero-order chi connectivity index (χ0) is 24.1. The topological polar surface area (TPSA) is 63.6 Å². The molecule has 3 aromatic rings. The molecule has 1 unspecified atom stereocenters. The zero-order valence-corrected chi connectivity index (χ0v) is 20.9. The van der Waals surface area contributed by atoms with Crippen molar-refractivity contribution >= 4 is 35.3 Å². The maximum atomic E-state index is 13.6. The molecule has 0 saturated heterocycles. The summed E-state index contributed by atoms with van der Waals surface area (Å²) in [5.74, 6) is 0.763. The SMILES string of the molecule is COc1cccc(CN(C(C)=O)C(C(=O)NCCC(C)C)c2c(S)n(C)c3ccccc23)c1. The summed E-state index contributed by atoms with van der Waals surface area (Å²) in [6.07, 6.45) is 0.859. The van der Waals surface area contributed by atoms with Gasteiger partial charge in [-0.15, -0.1) is 12.6 Å². The smallest absolute Gasteiger partial charge is 0.247 e. The molecule has 6 nitrogen and oxygen atoms in total. The quantitative estimate of drug-likeness (QED) is 0.447. The predicted molar refractivity (Wildman–Crippen MR) is 135 cm³/mol. The molecule has 0 aliphatic carbocycles. The van der Waals surface area contributed by atoms with Crippen molar-refractivity contribution in [3.63, 3.8) is 0 Å². The summed E-state index contributed by atoms with van der Waals surface area (Å²) in [4.78, 5) is 28.2. The van der Waals surface area contributed by atoms with Gasteiger partial charge >= 0.3 is 0 Å². The number of fused-ring (bicyclic) bond motifs is 1. The number of nitrogens with one attached hydrogen (secondary N) is 1. The number of benzene rings is 2. The molecule has 0 saturated carbocycles. The van der Waals surface area contributed by atoms with Crippen LogP contribution in [0.25, 0.3) is 10.9 Å². The Morgan fingerprint density at radius 2 is 1.88 bits per heavy atom. The Labute approximate surface area is 201 Å². The van der Waals surface area contributed by atoms with Crippen molar-refractivity contribution in [1.82, 2.24) is 14.8 Å². The normalized spacial score (nSPS) is 12.1. The fourth-order valence-electron chi connectivity index (χ4n) is 4.04. The number of carbonyl (C=O) groups is 2. The average Bonchev–Trinajstić information content (AvgIpc) is 3.04. The first-order chi connectivity index (χ1) is 15.7. The maximum Gasteiger partial charge on any atom is 0.247 e. The summed E-state index contributed by atoms with van der Waals surface area (Å²) in [6.45, 7) is 6.55. The highest BCUT2D eigenvalue weighted by Gasteiger charge is 2.34. The Bertz CT molecular complexity index is 1140. The zero-order valence-electron chi connectivity index (χ0n) is 20.0.